The summed E-state index contributed by atoms with van der Waals surface area (Å²) in [6.45, 7) is 9.72. The number of thioether (sulfide) groups is 1. The summed E-state index contributed by atoms with van der Waals surface area (Å²) in [5.74, 6) is 0. The van der Waals surface area contributed by atoms with Crippen LogP contribution in [0.3, 0.4) is 0 Å². The molecule has 1 N–H and O–H groups in total. The highest BCUT2D eigenvalue weighted by Crippen LogP contribution is 2.35. The van der Waals surface area contributed by atoms with Gasteiger partial charge in [-0.1, -0.05) is 33.1 Å². The van der Waals surface area contributed by atoms with E-state index in [1.54, 1.807) is 0 Å². The minimum Gasteiger partial charge on any atom is -0.309 e. The predicted molar refractivity (Wildman–Crippen MR) is 87.1 cm³/mol. The fraction of sp³-hybridized carbons (Fsp3) is 1.00. The van der Waals surface area contributed by atoms with Gasteiger partial charge in [0, 0.05) is 36.5 Å². The molecule has 0 unspecified atom stereocenters. The van der Waals surface area contributed by atoms with Crippen molar-refractivity contribution in [2.45, 2.75) is 69.1 Å². The van der Waals surface area contributed by atoms with Crippen molar-refractivity contribution in [3.8, 4) is 0 Å². The van der Waals surface area contributed by atoms with Crippen molar-refractivity contribution in [2.75, 3.05) is 32.4 Å². The Balaban J connectivity index is 1.97. The Hall–Kier alpha value is 0.270. The first-order chi connectivity index (χ1) is 9.17. The highest BCUT2D eigenvalue weighted by molar-refractivity contribution is 8.00. The second kappa shape index (κ2) is 6.82. The Bertz CT molecular complexity index is 256. The van der Waals surface area contributed by atoms with Crippen LogP contribution in [0.5, 0.6) is 0 Å². The molecule has 1 spiro atoms. The van der Waals surface area contributed by atoms with Crippen LogP contribution in [0, 0.1) is 0 Å². The lowest BCUT2D eigenvalue weighted by molar-refractivity contribution is 0.0908. The number of rotatable bonds is 5. The van der Waals surface area contributed by atoms with Crippen LogP contribution in [-0.2, 0) is 0 Å². The summed E-state index contributed by atoms with van der Waals surface area (Å²) in [4.78, 5) is 2.76. The zero-order chi connectivity index (χ0) is 13.8. The first-order valence-electron chi connectivity index (χ1n) is 8.20. The van der Waals surface area contributed by atoms with Crippen molar-refractivity contribution < 1.29 is 0 Å². The van der Waals surface area contributed by atoms with E-state index in [1.165, 1.54) is 71.1 Å². The largest absolute Gasteiger partial charge is 0.309 e. The molecule has 1 saturated heterocycles. The number of piperazine rings is 1. The normalized spacial score (nSPS) is 24.8. The predicted octanol–water partition coefficient (Wildman–Crippen LogP) is 3.52. The number of nitrogens with zero attached hydrogens (tertiary/aromatic N) is 1. The van der Waals surface area contributed by atoms with Gasteiger partial charge < -0.3 is 5.32 Å². The first-order valence-corrected chi connectivity index (χ1v) is 9.42. The fourth-order valence-electron chi connectivity index (χ4n) is 3.97. The molecule has 112 valence electrons. The maximum Gasteiger partial charge on any atom is 0.0309 e. The molecule has 3 heteroatoms. The second-order valence-corrected chi connectivity index (χ2v) is 7.85. The van der Waals surface area contributed by atoms with E-state index in [4.69, 9.17) is 0 Å². The Morgan fingerprint density at radius 1 is 1.16 bits per heavy atom. The molecule has 0 radical (unpaired) electrons. The molecule has 2 nitrogen and oxygen atoms in total. The molecule has 0 amide bonds. The van der Waals surface area contributed by atoms with Gasteiger partial charge in [-0.25, -0.2) is 0 Å². The summed E-state index contributed by atoms with van der Waals surface area (Å²) in [6, 6.07) is 0. The summed E-state index contributed by atoms with van der Waals surface area (Å²) in [5.41, 5.74) is 0.460. The van der Waals surface area contributed by atoms with E-state index in [1.807, 2.05) is 0 Å². The molecule has 2 aliphatic rings. The van der Waals surface area contributed by atoms with Crippen molar-refractivity contribution in [2.24, 2.45) is 0 Å². The van der Waals surface area contributed by atoms with E-state index in [9.17, 15) is 0 Å². The second-order valence-electron chi connectivity index (χ2n) is 6.57. The highest BCUT2D eigenvalue weighted by Gasteiger charge is 2.38. The molecule has 19 heavy (non-hydrogen) atoms. The number of hydrogen-bond donors (Lipinski definition) is 1. The minimum absolute atomic E-state index is 0.460. The van der Waals surface area contributed by atoms with Gasteiger partial charge in [0.15, 0.2) is 0 Å². The zero-order valence-corrected chi connectivity index (χ0v) is 14.0. The monoisotopic (exact) mass is 284 g/mol. The van der Waals surface area contributed by atoms with Gasteiger partial charge in [-0.2, -0.15) is 11.8 Å². The summed E-state index contributed by atoms with van der Waals surface area (Å²) in [7, 11) is 0. The molecule has 0 aromatic rings. The van der Waals surface area contributed by atoms with E-state index in [2.05, 4.69) is 42.1 Å². The molecule has 0 bridgehead atoms. The van der Waals surface area contributed by atoms with Crippen LogP contribution in [0.4, 0.5) is 0 Å². The van der Waals surface area contributed by atoms with Crippen LogP contribution in [0.15, 0.2) is 0 Å². The molecular weight excluding hydrogens is 252 g/mol. The number of nitrogens with one attached hydrogen (secondary N) is 1. The third-order valence-corrected chi connectivity index (χ3v) is 7.07. The quantitative estimate of drug-likeness (QED) is 0.831. The Morgan fingerprint density at radius 3 is 2.42 bits per heavy atom. The van der Waals surface area contributed by atoms with Gasteiger partial charge in [0.2, 0.25) is 0 Å². The van der Waals surface area contributed by atoms with Crippen molar-refractivity contribution in [1.29, 1.82) is 0 Å². The van der Waals surface area contributed by atoms with Crippen molar-refractivity contribution in [3.63, 3.8) is 0 Å². The molecule has 0 atom stereocenters. The third kappa shape index (κ3) is 3.68. The van der Waals surface area contributed by atoms with Crippen LogP contribution >= 0.6 is 11.8 Å². The molecule has 1 aliphatic heterocycles. The SMILES string of the molecule is CCC(CC)(CN1CCNC2(CCCCC2)C1)SC. The van der Waals surface area contributed by atoms with Gasteiger partial charge >= 0.3 is 0 Å². The highest BCUT2D eigenvalue weighted by atomic mass is 32.2. The van der Waals surface area contributed by atoms with Gasteiger partial charge in [0.25, 0.3) is 0 Å². The topological polar surface area (TPSA) is 15.3 Å². The van der Waals surface area contributed by atoms with Crippen molar-refractivity contribution in [1.82, 2.24) is 10.2 Å². The number of hydrogen-bond acceptors (Lipinski definition) is 3. The Morgan fingerprint density at radius 2 is 1.84 bits per heavy atom. The Labute approximate surface area is 124 Å². The first kappa shape index (κ1) is 15.7. The average Bonchev–Trinajstić information content (AvgIpc) is 2.46. The van der Waals surface area contributed by atoms with E-state index >= 15 is 0 Å². The van der Waals surface area contributed by atoms with E-state index in [0.29, 0.717) is 10.3 Å². The minimum atomic E-state index is 0.460. The maximum absolute atomic E-state index is 3.86. The van der Waals surface area contributed by atoms with Crippen LogP contribution < -0.4 is 5.32 Å². The van der Waals surface area contributed by atoms with Crippen molar-refractivity contribution in [3.05, 3.63) is 0 Å². The van der Waals surface area contributed by atoms with Crippen LogP contribution in [-0.4, -0.2) is 47.6 Å². The van der Waals surface area contributed by atoms with Gasteiger partial charge in [0.05, 0.1) is 0 Å². The van der Waals surface area contributed by atoms with Gasteiger partial charge in [-0.05, 0) is 31.9 Å². The maximum atomic E-state index is 3.86. The van der Waals surface area contributed by atoms with Crippen LogP contribution in [0.25, 0.3) is 0 Å². The average molecular weight is 285 g/mol. The molecular formula is C16H32N2S. The summed E-state index contributed by atoms with van der Waals surface area (Å²) in [6.07, 6.45) is 12.0. The zero-order valence-electron chi connectivity index (χ0n) is 13.1. The van der Waals surface area contributed by atoms with E-state index < -0.39 is 0 Å². The molecule has 1 saturated carbocycles. The molecule has 0 aromatic carbocycles. The molecule has 2 rings (SSSR count). The van der Waals surface area contributed by atoms with Crippen LogP contribution in [0.2, 0.25) is 0 Å². The summed E-state index contributed by atoms with van der Waals surface area (Å²) >= 11 is 2.08. The molecule has 0 aromatic heterocycles. The lowest BCUT2D eigenvalue weighted by Crippen LogP contribution is -2.62. The smallest absolute Gasteiger partial charge is 0.0309 e. The molecule has 1 aliphatic carbocycles. The standard InChI is InChI=1S/C16H32N2S/c1-4-16(5-2,19-3)14-18-12-11-17-15(13-18)9-7-6-8-10-15/h17H,4-14H2,1-3H3. The van der Waals surface area contributed by atoms with E-state index in [-0.39, 0.29) is 0 Å². The van der Waals surface area contributed by atoms with Gasteiger partial charge in [-0.15, -0.1) is 0 Å². The Kier molecular flexibility index (Phi) is 5.62. The molecule has 1 heterocycles. The van der Waals surface area contributed by atoms with Crippen LogP contribution in [0.1, 0.15) is 58.8 Å². The third-order valence-electron chi connectivity index (χ3n) is 5.50. The fourth-order valence-corrected chi connectivity index (χ4v) is 4.86. The lowest BCUT2D eigenvalue weighted by atomic mass is 9.80. The molecule has 2 fully saturated rings. The summed E-state index contributed by atoms with van der Waals surface area (Å²) in [5, 5.41) is 3.86. The van der Waals surface area contributed by atoms with Crippen molar-refractivity contribution >= 4 is 11.8 Å². The summed E-state index contributed by atoms with van der Waals surface area (Å²) < 4.78 is 0.479. The van der Waals surface area contributed by atoms with E-state index in [0.717, 1.165) is 0 Å². The lowest BCUT2D eigenvalue weighted by Gasteiger charge is -2.48. The van der Waals surface area contributed by atoms with Gasteiger partial charge in [-0.3, -0.25) is 4.90 Å². The van der Waals surface area contributed by atoms with Gasteiger partial charge in [0.1, 0.15) is 0 Å².